The average molecular weight is 700 g/mol. The molecule has 4 aromatic carbocycles. The topological polar surface area (TPSA) is 77.3 Å². The fourth-order valence-corrected chi connectivity index (χ4v) is 5.41. The Kier molecular flexibility index (Phi) is 6.89. The number of halogens is 2. The molecule has 0 radical (unpaired) electrons. The van der Waals surface area contributed by atoms with Crippen molar-refractivity contribution in [3.8, 4) is 0 Å². The first kappa shape index (κ1) is 24.6. The molecule has 1 aliphatic carbocycles. The molecule has 0 fully saturated rings. The third-order valence-electron chi connectivity index (χ3n) is 5.84. The van der Waals surface area contributed by atoms with Crippen LogP contribution in [0.4, 0.5) is 11.4 Å². The van der Waals surface area contributed by atoms with Crippen LogP contribution < -0.4 is 0 Å². The van der Waals surface area contributed by atoms with Gasteiger partial charge in [-0.15, -0.1) is 0 Å². The molecule has 0 N–H and O–H groups in total. The minimum Gasteiger partial charge on any atom is -0.465 e. The van der Waals surface area contributed by atoms with Crippen molar-refractivity contribution in [3.63, 3.8) is 0 Å². The van der Waals surface area contributed by atoms with Crippen molar-refractivity contribution in [1.82, 2.24) is 0 Å². The second kappa shape index (κ2) is 10.1. The van der Waals surface area contributed by atoms with Crippen molar-refractivity contribution in [3.05, 3.63) is 102 Å². The van der Waals surface area contributed by atoms with Crippen molar-refractivity contribution in [2.45, 2.75) is 0 Å². The molecule has 1 aliphatic rings. The van der Waals surface area contributed by atoms with Crippen LogP contribution in [-0.4, -0.2) is 37.6 Å². The first-order valence-electron chi connectivity index (χ1n) is 10.9. The van der Waals surface area contributed by atoms with Gasteiger partial charge in [0.15, 0.2) is 0 Å². The van der Waals surface area contributed by atoms with Gasteiger partial charge in [-0.1, -0.05) is 36.4 Å². The molecule has 0 aliphatic heterocycles. The van der Waals surface area contributed by atoms with Gasteiger partial charge in [-0.2, -0.15) is 0 Å². The van der Waals surface area contributed by atoms with E-state index in [-0.39, 0.29) is 0 Å². The molecule has 8 heteroatoms. The predicted octanol–water partition coefficient (Wildman–Crippen LogP) is 6.88. The number of aliphatic imine (C=N–C) groups is 2. The summed E-state index contributed by atoms with van der Waals surface area (Å²) in [5.74, 6) is -0.783. The van der Waals surface area contributed by atoms with Gasteiger partial charge in [-0.3, -0.25) is 0 Å². The number of benzene rings is 4. The van der Waals surface area contributed by atoms with Gasteiger partial charge in [0, 0.05) is 23.7 Å². The smallest absolute Gasteiger partial charge is 0.337 e. The van der Waals surface area contributed by atoms with Crippen LogP contribution in [0.15, 0.2) is 82.8 Å². The summed E-state index contributed by atoms with van der Waals surface area (Å²) in [6.07, 6.45) is 0. The van der Waals surface area contributed by atoms with E-state index < -0.39 is 11.9 Å². The van der Waals surface area contributed by atoms with Crippen molar-refractivity contribution in [2.75, 3.05) is 14.2 Å². The molecule has 6 nitrogen and oxygen atoms in total. The van der Waals surface area contributed by atoms with Gasteiger partial charge >= 0.3 is 11.9 Å². The maximum absolute atomic E-state index is 12.0. The van der Waals surface area contributed by atoms with Crippen LogP contribution in [0.5, 0.6) is 0 Å². The Bertz CT molecular complexity index is 1510. The highest BCUT2D eigenvalue weighted by atomic mass is 127. The zero-order valence-corrected chi connectivity index (χ0v) is 23.5. The van der Waals surface area contributed by atoms with E-state index >= 15 is 0 Å². The van der Waals surface area contributed by atoms with Crippen LogP contribution in [0.25, 0.3) is 10.8 Å². The van der Waals surface area contributed by atoms with Crippen molar-refractivity contribution >= 4 is 90.7 Å². The lowest BCUT2D eigenvalue weighted by Crippen LogP contribution is -2.10. The number of nitrogens with zero attached hydrogens (tertiary/aromatic N) is 2. The molecule has 0 saturated carbocycles. The number of methoxy groups -OCH3 is 2. The zero-order chi connectivity index (χ0) is 25.4. The van der Waals surface area contributed by atoms with Crippen LogP contribution in [0.3, 0.4) is 0 Å². The fourth-order valence-electron chi connectivity index (χ4n) is 4.14. The Labute approximate surface area is 234 Å². The van der Waals surface area contributed by atoms with Gasteiger partial charge in [0.25, 0.3) is 0 Å². The summed E-state index contributed by atoms with van der Waals surface area (Å²) in [5, 5.41) is 2.20. The summed E-state index contributed by atoms with van der Waals surface area (Å²) in [4.78, 5) is 34.0. The van der Waals surface area contributed by atoms with Crippen molar-refractivity contribution in [2.24, 2.45) is 9.98 Å². The largest absolute Gasteiger partial charge is 0.465 e. The van der Waals surface area contributed by atoms with Crippen LogP contribution in [0, 0.1) is 7.14 Å². The minimum atomic E-state index is -0.391. The summed E-state index contributed by atoms with van der Waals surface area (Å²) >= 11 is 4.36. The van der Waals surface area contributed by atoms with E-state index in [1.165, 1.54) is 14.2 Å². The van der Waals surface area contributed by atoms with Crippen molar-refractivity contribution in [1.29, 1.82) is 0 Å². The summed E-state index contributed by atoms with van der Waals surface area (Å²) in [6, 6.07) is 22.9. The number of carbonyl (C=O) groups is 2. The van der Waals surface area contributed by atoms with E-state index in [2.05, 4.69) is 57.3 Å². The lowest BCUT2D eigenvalue weighted by molar-refractivity contribution is 0.0592. The predicted molar refractivity (Wildman–Crippen MR) is 157 cm³/mol. The van der Waals surface area contributed by atoms with Crippen LogP contribution >= 0.6 is 45.2 Å². The van der Waals surface area contributed by atoms with E-state index in [1.54, 1.807) is 24.3 Å². The highest BCUT2D eigenvalue weighted by molar-refractivity contribution is 14.1. The molecule has 0 saturated heterocycles. The Balaban J connectivity index is 1.70. The summed E-state index contributed by atoms with van der Waals surface area (Å²) in [7, 11) is 2.73. The van der Waals surface area contributed by atoms with Gasteiger partial charge in [-0.05, 0) is 87.0 Å². The van der Waals surface area contributed by atoms with Gasteiger partial charge < -0.3 is 9.47 Å². The van der Waals surface area contributed by atoms with Gasteiger partial charge in [0.1, 0.15) is 0 Å². The molecule has 0 amide bonds. The van der Waals surface area contributed by atoms with Gasteiger partial charge in [0.2, 0.25) is 0 Å². The number of hydrogen-bond acceptors (Lipinski definition) is 6. The van der Waals surface area contributed by atoms with E-state index in [4.69, 9.17) is 19.5 Å². The lowest BCUT2D eigenvalue weighted by atomic mass is 10.1. The van der Waals surface area contributed by atoms with E-state index in [9.17, 15) is 9.59 Å². The Hall–Kier alpha value is -3.12. The normalized spacial score (nSPS) is 14.4. The first-order valence-corrected chi connectivity index (χ1v) is 13.0. The number of esters is 2. The Morgan fingerprint density at radius 1 is 0.667 bits per heavy atom. The fraction of sp³-hybridized carbons (Fsp3) is 0.0714. The summed E-state index contributed by atoms with van der Waals surface area (Å²) in [5.41, 5.74) is 5.88. The minimum absolute atomic E-state index is 0.391. The Morgan fingerprint density at radius 2 is 1.11 bits per heavy atom. The quantitative estimate of drug-likeness (QED) is 0.172. The summed E-state index contributed by atoms with van der Waals surface area (Å²) in [6.45, 7) is 0. The number of carbonyl (C=O) groups excluding carboxylic acids is 2. The third-order valence-corrected chi connectivity index (χ3v) is 7.57. The molecular weight excluding hydrogens is 682 g/mol. The zero-order valence-electron chi connectivity index (χ0n) is 19.2. The molecule has 0 heterocycles. The number of ether oxygens (including phenoxy) is 2. The second-order valence-corrected chi connectivity index (χ2v) is 10.3. The first-order chi connectivity index (χ1) is 17.4. The molecule has 4 aromatic rings. The van der Waals surface area contributed by atoms with Gasteiger partial charge in [0.05, 0.1) is 48.1 Å². The van der Waals surface area contributed by atoms with E-state index in [0.717, 1.165) is 51.8 Å². The average Bonchev–Trinajstić information content (AvgIpc) is 3.19. The lowest BCUT2D eigenvalue weighted by Gasteiger charge is -2.08. The van der Waals surface area contributed by atoms with Crippen molar-refractivity contribution < 1.29 is 19.1 Å². The van der Waals surface area contributed by atoms with Crippen LogP contribution in [0.1, 0.15) is 31.8 Å². The maximum Gasteiger partial charge on any atom is 0.337 e. The molecule has 36 heavy (non-hydrogen) atoms. The SMILES string of the molecule is COC(=O)c1ccc(N=C2C(=Nc3ccc(C(=O)OC)cc3I)c3cccc4cccc2c34)c(I)c1. The maximum atomic E-state index is 12.0. The molecule has 178 valence electrons. The van der Waals surface area contributed by atoms with E-state index in [1.807, 2.05) is 36.4 Å². The molecular formula is C28H18I2N2O4. The third kappa shape index (κ3) is 4.43. The Morgan fingerprint density at radius 3 is 1.50 bits per heavy atom. The summed E-state index contributed by atoms with van der Waals surface area (Å²) < 4.78 is 11.3. The standard InChI is InChI=1S/C28H18I2N2O4/c1-35-27(33)16-9-11-22(20(29)13-16)31-25-18-7-3-5-15-6-4-8-19(24(15)18)26(25)32-23-12-10-17(14-21(23)30)28(34)36-2/h3-14H,1-2H3. The number of rotatable bonds is 4. The highest BCUT2D eigenvalue weighted by Crippen LogP contribution is 2.36. The van der Waals surface area contributed by atoms with Gasteiger partial charge in [-0.25, -0.2) is 19.6 Å². The molecule has 0 atom stereocenters. The van der Waals surface area contributed by atoms with Crippen LogP contribution in [0.2, 0.25) is 0 Å². The monoisotopic (exact) mass is 700 g/mol. The molecule has 0 aromatic heterocycles. The molecule has 0 unspecified atom stereocenters. The molecule has 0 spiro atoms. The number of hydrogen-bond donors (Lipinski definition) is 0. The molecule has 5 rings (SSSR count). The molecule has 0 bridgehead atoms. The highest BCUT2D eigenvalue weighted by Gasteiger charge is 2.28. The van der Waals surface area contributed by atoms with E-state index in [0.29, 0.717) is 11.1 Å². The second-order valence-electron chi connectivity index (χ2n) is 7.95. The van der Waals surface area contributed by atoms with Crippen LogP contribution in [-0.2, 0) is 9.47 Å².